The standard InChI is InChI=1S/C14H19NO/c1-14(2,3)13(16)15-11-7-10-12-8-5-4-6-9-12/h4-10H,11H2,1-3H3,(H,15,16). The van der Waals surface area contributed by atoms with Gasteiger partial charge in [0, 0.05) is 12.0 Å². The fourth-order valence-corrected chi connectivity index (χ4v) is 1.18. The van der Waals surface area contributed by atoms with E-state index in [4.69, 9.17) is 0 Å². The van der Waals surface area contributed by atoms with Crippen molar-refractivity contribution in [3.63, 3.8) is 0 Å². The minimum atomic E-state index is -0.319. The van der Waals surface area contributed by atoms with Gasteiger partial charge >= 0.3 is 0 Å². The normalized spacial score (nSPS) is 11.7. The second kappa shape index (κ2) is 5.50. The maximum absolute atomic E-state index is 11.5. The molecular formula is C14H19NO. The molecule has 1 aromatic rings. The molecule has 2 nitrogen and oxygen atoms in total. The summed E-state index contributed by atoms with van der Waals surface area (Å²) in [6.45, 7) is 6.29. The second-order valence-electron chi connectivity index (χ2n) is 4.77. The molecule has 1 aromatic carbocycles. The van der Waals surface area contributed by atoms with Crippen molar-refractivity contribution in [3.05, 3.63) is 42.0 Å². The maximum atomic E-state index is 11.5. The Morgan fingerprint density at radius 2 is 1.88 bits per heavy atom. The summed E-state index contributed by atoms with van der Waals surface area (Å²) in [5.41, 5.74) is 0.827. The van der Waals surface area contributed by atoms with Gasteiger partial charge in [0.25, 0.3) is 0 Å². The van der Waals surface area contributed by atoms with Gasteiger partial charge in [0.2, 0.25) is 5.91 Å². The van der Waals surface area contributed by atoms with Gasteiger partial charge in [0.05, 0.1) is 0 Å². The van der Waals surface area contributed by atoms with Crippen LogP contribution in [0.4, 0.5) is 0 Å². The van der Waals surface area contributed by atoms with E-state index in [1.165, 1.54) is 0 Å². The summed E-state index contributed by atoms with van der Waals surface area (Å²) in [5, 5.41) is 2.87. The van der Waals surface area contributed by atoms with Gasteiger partial charge in [0.1, 0.15) is 0 Å². The van der Waals surface area contributed by atoms with Crippen LogP contribution in [-0.2, 0) is 4.79 Å². The summed E-state index contributed by atoms with van der Waals surface area (Å²) in [7, 11) is 0. The quantitative estimate of drug-likeness (QED) is 0.828. The summed E-state index contributed by atoms with van der Waals surface area (Å²) in [6.07, 6.45) is 3.96. The van der Waals surface area contributed by atoms with Crippen molar-refractivity contribution in [1.29, 1.82) is 0 Å². The van der Waals surface area contributed by atoms with Crippen LogP contribution in [0.15, 0.2) is 36.4 Å². The average molecular weight is 217 g/mol. The number of hydrogen-bond donors (Lipinski definition) is 1. The van der Waals surface area contributed by atoms with Crippen molar-refractivity contribution in [2.45, 2.75) is 20.8 Å². The smallest absolute Gasteiger partial charge is 0.225 e. The van der Waals surface area contributed by atoms with E-state index in [0.717, 1.165) is 5.56 Å². The number of benzene rings is 1. The lowest BCUT2D eigenvalue weighted by Crippen LogP contribution is -2.34. The monoisotopic (exact) mass is 217 g/mol. The molecule has 0 saturated carbocycles. The van der Waals surface area contributed by atoms with Gasteiger partial charge in [-0.1, -0.05) is 63.3 Å². The number of carbonyl (C=O) groups excluding carboxylic acids is 1. The second-order valence-corrected chi connectivity index (χ2v) is 4.77. The molecule has 0 radical (unpaired) electrons. The minimum Gasteiger partial charge on any atom is -0.352 e. The molecule has 1 rings (SSSR count). The number of amides is 1. The topological polar surface area (TPSA) is 29.1 Å². The summed E-state index contributed by atoms with van der Waals surface area (Å²) < 4.78 is 0. The Hall–Kier alpha value is -1.57. The first-order valence-corrected chi connectivity index (χ1v) is 5.50. The number of carbonyl (C=O) groups is 1. The van der Waals surface area contributed by atoms with Crippen LogP contribution < -0.4 is 5.32 Å². The Morgan fingerprint density at radius 1 is 1.25 bits per heavy atom. The molecule has 0 aliphatic rings. The molecular weight excluding hydrogens is 198 g/mol. The molecule has 0 aliphatic heterocycles. The van der Waals surface area contributed by atoms with Gasteiger partial charge in [-0.2, -0.15) is 0 Å². The van der Waals surface area contributed by atoms with Crippen LogP contribution >= 0.6 is 0 Å². The fourth-order valence-electron chi connectivity index (χ4n) is 1.18. The Balaban J connectivity index is 2.37. The molecule has 0 unspecified atom stereocenters. The molecule has 0 bridgehead atoms. The molecule has 1 N–H and O–H groups in total. The first kappa shape index (κ1) is 12.5. The zero-order valence-corrected chi connectivity index (χ0v) is 10.2. The molecule has 0 spiro atoms. The molecule has 16 heavy (non-hydrogen) atoms. The van der Waals surface area contributed by atoms with E-state index >= 15 is 0 Å². The van der Waals surface area contributed by atoms with Crippen LogP contribution in [-0.4, -0.2) is 12.5 Å². The Labute approximate surface area is 97.4 Å². The number of nitrogens with one attached hydrogen (secondary N) is 1. The molecule has 0 saturated heterocycles. The van der Waals surface area contributed by atoms with Gasteiger partial charge in [-0.3, -0.25) is 4.79 Å². The predicted molar refractivity (Wildman–Crippen MR) is 67.9 cm³/mol. The molecule has 1 amide bonds. The Kier molecular flexibility index (Phi) is 4.29. The molecule has 0 fully saturated rings. The van der Waals surface area contributed by atoms with E-state index in [9.17, 15) is 4.79 Å². The average Bonchev–Trinajstić information content (AvgIpc) is 2.24. The molecule has 86 valence electrons. The first-order valence-electron chi connectivity index (χ1n) is 5.50. The highest BCUT2D eigenvalue weighted by Crippen LogP contribution is 2.12. The van der Waals surface area contributed by atoms with Crippen molar-refractivity contribution in [3.8, 4) is 0 Å². The van der Waals surface area contributed by atoms with E-state index in [0.29, 0.717) is 6.54 Å². The van der Waals surface area contributed by atoms with Crippen molar-refractivity contribution in [2.24, 2.45) is 5.41 Å². The van der Waals surface area contributed by atoms with Crippen LogP contribution in [0.25, 0.3) is 6.08 Å². The molecule has 0 aromatic heterocycles. The van der Waals surface area contributed by atoms with Crippen molar-refractivity contribution >= 4 is 12.0 Å². The molecule has 0 heterocycles. The highest BCUT2D eigenvalue weighted by atomic mass is 16.2. The Bertz CT molecular complexity index is 360. The lowest BCUT2D eigenvalue weighted by atomic mass is 9.96. The van der Waals surface area contributed by atoms with Gasteiger partial charge in [-0.15, -0.1) is 0 Å². The van der Waals surface area contributed by atoms with Gasteiger partial charge in [-0.05, 0) is 5.56 Å². The summed E-state index contributed by atoms with van der Waals surface area (Å²) >= 11 is 0. The van der Waals surface area contributed by atoms with Gasteiger partial charge < -0.3 is 5.32 Å². The van der Waals surface area contributed by atoms with E-state index < -0.39 is 0 Å². The minimum absolute atomic E-state index is 0.0743. The predicted octanol–water partition coefficient (Wildman–Crippen LogP) is 2.86. The highest BCUT2D eigenvalue weighted by molar-refractivity contribution is 5.81. The lowest BCUT2D eigenvalue weighted by Gasteiger charge is -2.16. The van der Waals surface area contributed by atoms with E-state index in [1.807, 2.05) is 63.3 Å². The maximum Gasteiger partial charge on any atom is 0.225 e. The molecule has 2 heteroatoms. The van der Waals surface area contributed by atoms with Crippen molar-refractivity contribution < 1.29 is 4.79 Å². The van der Waals surface area contributed by atoms with Crippen molar-refractivity contribution in [1.82, 2.24) is 5.32 Å². The van der Waals surface area contributed by atoms with E-state index in [-0.39, 0.29) is 11.3 Å². The Morgan fingerprint density at radius 3 is 2.44 bits per heavy atom. The van der Waals surface area contributed by atoms with E-state index in [2.05, 4.69) is 5.32 Å². The zero-order chi connectivity index (χ0) is 12.0. The summed E-state index contributed by atoms with van der Waals surface area (Å²) in [4.78, 5) is 11.5. The van der Waals surface area contributed by atoms with Crippen LogP contribution in [0.5, 0.6) is 0 Å². The van der Waals surface area contributed by atoms with Gasteiger partial charge in [0.15, 0.2) is 0 Å². The molecule has 0 aliphatic carbocycles. The third-order valence-corrected chi connectivity index (χ3v) is 2.17. The van der Waals surface area contributed by atoms with Crippen molar-refractivity contribution in [2.75, 3.05) is 6.54 Å². The van der Waals surface area contributed by atoms with Crippen LogP contribution in [0, 0.1) is 5.41 Å². The van der Waals surface area contributed by atoms with Crippen LogP contribution in [0.3, 0.4) is 0 Å². The lowest BCUT2D eigenvalue weighted by molar-refractivity contribution is -0.128. The SMILES string of the molecule is CC(C)(C)C(=O)NCC=Cc1ccccc1. The zero-order valence-electron chi connectivity index (χ0n) is 10.2. The fraction of sp³-hybridized carbons (Fsp3) is 0.357. The largest absolute Gasteiger partial charge is 0.352 e. The van der Waals surface area contributed by atoms with E-state index in [1.54, 1.807) is 0 Å². The van der Waals surface area contributed by atoms with Crippen LogP contribution in [0.1, 0.15) is 26.3 Å². The number of hydrogen-bond acceptors (Lipinski definition) is 1. The number of rotatable bonds is 3. The van der Waals surface area contributed by atoms with Crippen LogP contribution in [0.2, 0.25) is 0 Å². The highest BCUT2D eigenvalue weighted by Gasteiger charge is 2.19. The third-order valence-electron chi connectivity index (χ3n) is 2.17. The summed E-state index contributed by atoms with van der Waals surface area (Å²) in [5.74, 6) is 0.0743. The first-order chi connectivity index (χ1) is 7.50. The summed E-state index contributed by atoms with van der Waals surface area (Å²) in [6, 6.07) is 10.0. The third kappa shape index (κ3) is 4.30. The molecule has 0 atom stereocenters. The van der Waals surface area contributed by atoms with Gasteiger partial charge in [-0.25, -0.2) is 0 Å².